The Bertz CT molecular complexity index is 765. The Morgan fingerprint density at radius 1 is 1.30 bits per heavy atom. The summed E-state index contributed by atoms with van der Waals surface area (Å²) in [6.45, 7) is 1.88. The van der Waals surface area contributed by atoms with E-state index in [4.69, 9.17) is 9.47 Å². The lowest BCUT2D eigenvalue weighted by Crippen LogP contribution is -2.57. The molecule has 0 saturated carbocycles. The summed E-state index contributed by atoms with van der Waals surface area (Å²) in [7, 11) is 3.18. The first kappa shape index (κ1) is 19.7. The van der Waals surface area contributed by atoms with E-state index in [0.29, 0.717) is 37.6 Å². The van der Waals surface area contributed by atoms with Crippen LogP contribution in [0.4, 0.5) is 0 Å². The number of nitrogens with zero attached hydrogens (tertiary/aromatic N) is 1. The van der Waals surface area contributed by atoms with E-state index in [0.717, 1.165) is 17.5 Å². The summed E-state index contributed by atoms with van der Waals surface area (Å²) < 4.78 is 10.8. The number of hydrogen-bond donors (Lipinski definition) is 2. The third kappa shape index (κ3) is 4.43. The largest absolute Gasteiger partial charge is 0.493 e. The molecule has 0 aliphatic carbocycles. The molecule has 1 aromatic carbocycles. The number of thiophene rings is 1. The molecular weight excluding hydrogens is 364 g/mol. The normalized spacial score (nSPS) is 20.0. The van der Waals surface area contributed by atoms with Crippen molar-refractivity contribution in [2.75, 3.05) is 27.3 Å². The Morgan fingerprint density at radius 3 is 2.85 bits per heavy atom. The summed E-state index contributed by atoms with van der Waals surface area (Å²) >= 11 is 1.63. The summed E-state index contributed by atoms with van der Waals surface area (Å²) in [6, 6.07) is 7.65. The zero-order valence-electron chi connectivity index (χ0n) is 15.7. The highest BCUT2D eigenvalue weighted by Crippen LogP contribution is 2.33. The average molecular weight is 391 g/mol. The van der Waals surface area contributed by atoms with Crippen LogP contribution in [-0.4, -0.2) is 48.8 Å². The molecule has 0 radical (unpaired) electrons. The molecule has 2 heterocycles. The number of hydrogen-bond acceptors (Lipinski definition) is 6. The number of carbonyl (C=O) groups excluding carboxylic acids is 1. The maximum atomic E-state index is 13.0. The Labute approximate surface area is 163 Å². The number of ether oxygens (including phenoxy) is 2. The van der Waals surface area contributed by atoms with E-state index in [9.17, 15) is 9.90 Å². The number of piperidine rings is 1. The van der Waals surface area contributed by atoms with Gasteiger partial charge >= 0.3 is 0 Å². The van der Waals surface area contributed by atoms with Crippen LogP contribution >= 0.6 is 11.3 Å². The number of carbonyl (C=O) groups is 1. The predicted octanol–water partition coefficient (Wildman–Crippen LogP) is 2.41. The van der Waals surface area contributed by atoms with Crippen molar-refractivity contribution in [1.29, 1.82) is 0 Å². The third-order valence-electron chi connectivity index (χ3n) is 4.88. The fraction of sp³-hybridized carbons (Fsp3) is 0.450. The second kappa shape index (κ2) is 8.73. The van der Waals surface area contributed by atoms with Crippen molar-refractivity contribution < 1.29 is 19.4 Å². The fourth-order valence-electron chi connectivity index (χ4n) is 3.47. The number of likely N-dealkylation sites (tertiary alicyclic amines) is 1. The van der Waals surface area contributed by atoms with E-state index < -0.39 is 5.60 Å². The van der Waals surface area contributed by atoms with E-state index in [1.807, 2.05) is 29.6 Å². The van der Waals surface area contributed by atoms with Crippen LogP contribution in [0.1, 0.15) is 24.0 Å². The minimum absolute atomic E-state index is 0.239. The van der Waals surface area contributed by atoms with Crippen molar-refractivity contribution in [2.45, 2.75) is 31.5 Å². The number of para-hydroxylation sites is 1. The Hall–Kier alpha value is -2.09. The maximum absolute atomic E-state index is 13.0. The van der Waals surface area contributed by atoms with Crippen molar-refractivity contribution in [2.24, 2.45) is 0 Å². The van der Waals surface area contributed by atoms with Crippen LogP contribution in [0.3, 0.4) is 0 Å². The van der Waals surface area contributed by atoms with Crippen LogP contribution in [0, 0.1) is 0 Å². The second-order valence-electron chi connectivity index (χ2n) is 6.75. The van der Waals surface area contributed by atoms with Crippen LogP contribution in [0.5, 0.6) is 11.5 Å². The first-order valence-corrected chi connectivity index (χ1v) is 9.95. The van der Waals surface area contributed by atoms with Crippen LogP contribution in [-0.2, 0) is 17.9 Å². The van der Waals surface area contributed by atoms with Gasteiger partial charge in [-0.3, -0.25) is 4.79 Å². The molecule has 6 nitrogen and oxygen atoms in total. The average Bonchev–Trinajstić information content (AvgIpc) is 3.19. The van der Waals surface area contributed by atoms with Crippen molar-refractivity contribution in [3.63, 3.8) is 0 Å². The van der Waals surface area contributed by atoms with Crippen LogP contribution in [0.2, 0.25) is 0 Å². The van der Waals surface area contributed by atoms with Gasteiger partial charge in [0.25, 0.3) is 5.91 Å². The van der Waals surface area contributed by atoms with Gasteiger partial charge in [-0.1, -0.05) is 12.1 Å². The lowest BCUT2D eigenvalue weighted by atomic mass is 9.91. The zero-order valence-corrected chi connectivity index (χ0v) is 16.6. The minimum atomic E-state index is -1.37. The lowest BCUT2D eigenvalue weighted by Gasteiger charge is -2.38. The van der Waals surface area contributed by atoms with Gasteiger partial charge in [0.2, 0.25) is 0 Å². The fourth-order valence-corrected chi connectivity index (χ4v) is 4.14. The quantitative estimate of drug-likeness (QED) is 0.724. The number of rotatable bonds is 8. The topological polar surface area (TPSA) is 71.0 Å². The Balaban J connectivity index is 1.67. The molecular formula is C20H26N2O4S. The zero-order chi connectivity index (χ0) is 19.3. The molecule has 0 bridgehead atoms. The summed E-state index contributed by atoms with van der Waals surface area (Å²) in [5.41, 5.74) is 0.644. The summed E-state index contributed by atoms with van der Waals surface area (Å²) in [4.78, 5) is 14.7. The molecule has 7 heteroatoms. The van der Waals surface area contributed by atoms with Gasteiger partial charge in [0.05, 0.1) is 14.2 Å². The van der Waals surface area contributed by atoms with E-state index in [-0.39, 0.29) is 12.5 Å². The number of benzene rings is 1. The van der Waals surface area contributed by atoms with Gasteiger partial charge in [-0.25, -0.2) is 0 Å². The SMILES string of the molecule is COc1cccc(CN2CCCC(O)(CNCc3ccsc3)C2=O)c1OC. The molecule has 1 atom stereocenters. The highest BCUT2D eigenvalue weighted by molar-refractivity contribution is 7.07. The molecule has 3 rings (SSSR count). The molecule has 1 unspecified atom stereocenters. The van der Waals surface area contributed by atoms with E-state index in [1.165, 1.54) is 0 Å². The summed E-state index contributed by atoms with van der Waals surface area (Å²) in [6.07, 6.45) is 1.23. The standard InChI is InChI=1S/C20H26N2O4S/c1-25-17-6-3-5-16(18(17)26-2)12-22-9-4-8-20(24,19(22)23)14-21-11-15-7-10-27-13-15/h3,5-7,10,13,21,24H,4,8-9,11-12,14H2,1-2H3. The number of nitrogens with one attached hydrogen (secondary N) is 1. The first-order valence-electron chi connectivity index (χ1n) is 9.01. The van der Waals surface area contributed by atoms with Crippen molar-refractivity contribution >= 4 is 17.2 Å². The van der Waals surface area contributed by atoms with Gasteiger partial charge in [-0.2, -0.15) is 11.3 Å². The molecule has 1 aromatic heterocycles. The third-order valence-corrected chi connectivity index (χ3v) is 5.61. The molecule has 1 fully saturated rings. The molecule has 2 aromatic rings. The van der Waals surface area contributed by atoms with Gasteiger partial charge in [0, 0.05) is 31.7 Å². The molecule has 1 aliphatic heterocycles. The minimum Gasteiger partial charge on any atom is -0.493 e. The van der Waals surface area contributed by atoms with Crippen LogP contribution in [0.15, 0.2) is 35.0 Å². The van der Waals surface area contributed by atoms with Crippen molar-refractivity contribution in [1.82, 2.24) is 10.2 Å². The molecule has 146 valence electrons. The van der Waals surface area contributed by atoms with Gasteiger partial charge < -0.3 is 24.8 Å². The first-order chi connectivity index (χ1) is 13.1. The van der Waals surface area contributed by atoms with Gasteiger partial charge in [0.15, 0.2) is 17.1 Å². The van der Waals surface area contributed by atoms with Crippen molar-refractivity contribution in [3.05, 3.63) is 46.2 Å². The van der Waals surface area contributed by atoms with E-state index in [1.54, 1.807) is 30.5 Å². The molecule has 1 saturated heterocycles. The number of amides is 1. The Kier molecular flexibility index (Phi) is 6.36. The van der Waals surface area contributed by atoms with Gasteiger partial charge in [-0.05, 0) is 41.3 Å². The highest BCUT2D eigenvalue weighted by atomic mass is 32.1. The van der Waals surface area contributed by atoms with Crippen LogP contribution in [0.25, 0.3) is 0 Å². The lowest BCUT2D eigenvalue weighted by molar-refractivity contribution is -0.157. The van der Waals surface area contributed by atoms with E-state index in [2.05, 4.69) is 10.7 Å². The molecule has 1 amide bonds. The molecule has 27 heavy (non-hydrogen) atoms. The molecule has 1 aliphatic rings. The van der Waals surface area contributed by atoms with Crippen molar-refractivity contribution in [3.8, 4) is 11.5 Å². The molecule has 0 spiro atoms. The summed E-state index contributed by atoms with van der Waals surface area (Å²) in [5.74, 6) is 1.01. The summed E-state index contributed by atoms with van der Waals surface area (Å²) in [5, 5.41) is 18.2. The monoisotopic (exact) mass is 390 g/mol. The van der Waals surface area contributed by atoms with Gasteiger partial charge in [-0.15, -0.1) is 0 Å². The van der Waals surface area contributed by atoms with E-state index >= 15 is 0 Å². The van der Waals surface area contributed by atoms with Gasteiger partial charge in [0.1, 0.15) is 0 Å². The number of aliphatic hydroxyl groups is 1. The predicted molar refractivity (Wildman–Crippen MR) is 105 cm³/mol. The molecule has 2 N–H and O–H groups in total. The Morgan fingerprint density at radius 2 is 2.15 bits per heavy atom. The number of methoxy groups -OCH3 is 2. The maximum Gasteiger partial charge on any atom is 0.256 e. The second-order valence-corrected chi connectivity index (χ2v) is 7.53. The highest BCUT2D eigenvalue weighted by Gasteiger charge is 2.42. The smallest absolute Gasteiger partial charge is 0.256 e. The van der Waals surface area contributed by atoms with Crippen LogP contribution < -0.4 is 14.8 Å².